The third kappa shape index (κ3) is 7.15. The molecule has 2 N–H and O–H groups in total. The van der Waals surface area contributed by atoms with Gasteiger partial charge in [0, 0.05) is 12.0 Å². The number of Topliss-reactive ketones (excluding diaryl/α,β-unsaturated/α-hetero) is 1. The number of fused-ring (bicyclic) bond motifs is 1. The van der Waals surface area contributed by atoms with Crippen LogP contribution in [0.1, 0.15) is 70.2 Å². The van der Waals surface area contributed by atoms with Crippen molar-refractivity contribution in [2.45, 2.75) is 78.4 Å². The first-order valence-electron chi connectivity index (χ1n) is 14.0. The fourth-order valence-corrected chi connectivity index (χ4v) is 6.55. The lowest BCUT2D eigenvalue weighted by Crippen LogP contribution is -2.67. The number of piperazine rings is 1. The number of halogens is 1. The third-order valence-corrected chi connectivity index (χ3v) is 8.20. The van der Waals surface area contributed by atoms with E-state index in [1.54, 1.807) is 0 Å². The minimum atomic E-state index is -3.67. The monoisotopic (exact) mass is 585 g/mol. The van der Waals surface area contributed by atoms with Gasteiger partial charge < -0.3 is 10.2 Å². The standard InChI is InChI=1S/C31H40FN3O5S/c1-18(2)13-25-29(37)33-27(21-14-19-9-7-8-10-20(19)15-21)30(38)35(25)28(26(36)17-31(3,4)5)23-12-11-22(16-24(23)32)34-41(6,39)40/h7-12,16,18,21,25,27-28,34H,13-15,17H2,1-6H3,(H,33,37)/t25-,27-,28-/m1/s1. The number of ketones is 1. The van der Waals surface area contributed by atoms with E-state index in [9.17, 15) is 22.8 Å². The third-order valence-electron chi connectivity index (χ3n) is 7.59. The predicted molar refractivity (Wildman–Crippen MR) is 156 cm³/mol. The lowest BCUT2D eigenvalue weighted by Gasteiger charge is -2.45. The van der Waals surface area contributed by atoms with E-state index >= 15 is 4.39 Å². The molecule has 41 heavy (non-hydrogen) atoms. The molecule has 2 aromatic carbocycles. The Labute approximate surface area is 242 Å². The zero-order valence-electron chi connectivity index (χ0n) is 24.5. The van der Waals surface area contributed by atoms with Crippen LogP contribution in [0.5, 0.6) is 0 Å². The molecule has 0 aromatic heterocycles. The van der Waals surface area contributed by atoms with Gasteiger partial charge in [0.1, 0.15) is 23.9 Å². The quantitative estimate of drug-likeness (QED) is 0.453. The molecule has 0 unspecified atom stereocenters. The van der Waals surface area contributed by atoms with Crippen molar-refractivity contribution in [3.8, 4) is 0 Å². The fraction of sp³-hybridized carbons (Fsp3) is 0.516. The number of nitrogens with zero attached hydrogens (tertiary/aromatic N) is 1. The first-order valence-corrected chi connectivity index (χ1v) is 15.9. The maximum absolute atomic E-state index is 15.8. The predicted octanol–water partition coefficient (Wildman–Crippen LogP) is 4.40. The molecular weight excluding hydrogens is 545 g/mol. The number of sulfonamides is 1. The van der Waals surface area contributed by atoms with Crippen molar-refractivity contribution >= 4 is 33.3 Å². The van der Waals surface area contributed by atoms with Crippen LogP contribution in [0.15, 0.2) is 42.5 Å². The molecule has 2 amide bonds. The van der Waals surface area contributed by atoms with Gasteiger partial charge in [-0.15, -0.1) is 0 Å². The highest BCUT2D eigenvalue weighted by atomic mass is 32.2. The molecule has 0 saturated carbocycles. The summed E-state index contributed by atoms with van der Waals surface area (Å²) in [6, 6.07) is 8.44. The number of carbonyl (C=O) groups is 3. The smallest absolute Gasteiger partial charge is 0.247 e. The van der Waals surface area contributed by atoms with Gasteiger partial charge in [0.05, 0.1) is 11.9 Å². The fourth-order valence-electron chi connectivity index (χ4n) is 6.00. The molecule has 222 valence electrons. The van der Waals surface area contributed by atoms with Gasteiger partial charge in [-0.3, -0.25) is 19.1 Å². The minimum Gasteiger partial charge on any atom is -0.342 e. The molecule has 0 radical (unpaired) electrons. The van der Waals surface area contributed by atoms with E-state index in [4.69, 9.17) is 0 Å². The minimum absolute atomic E-state index is 0.00110. The molecule has 1 fully saturated rings. The molecule has 2 aromatic rings. The number of anilines is 1. The zero-order chi connectivity index (χ0) is 30.3. The topological polar surface area (TPSA) is 113 Å². The number of amides is 2. The molecule has 8 nitrogen and oxygen atoms in total. The van der Waals surface area contributed by atoms with Crippen molar-refractivity contribution in [3.63, 3.8) is 0 Å². The number of hydrogen-bond donors (Lipinski definition) is 2. The van der Waals surface area contributed by atoms with Crippen molar-refractivity contribution in [1.29, 1.82) is 0 Å². The lowest BCUT2D eigenvalue weighted by molar-refractivity contribution is -0.157. The number of rotatable bonds is 9. The van der Waals surface area contributed by atoms with Gasteiger partial charge in [-0.1, -0.05) is 65.0 Å². The summed E-state index contributed by atoms with van der Waals surface area (Å²) in [5.74, 6) is -2.17. The Hall–Kier alpha value is -3.27. The van der Waals surface area contributed by atoms with Crippen molar-refractivity contribution in [2.75, 3.05) is 11.0 Å². The number of nitrogens with one attached hydrogen (secondary N) is 2. The van der Waals surface area contributed by atoms with Crippen molar-refractivity contribution in [2.24, 2.45) is 17.3 Å². The summed E-state index contributed by atoms with van der Waals surface area (Å²) < 4.78 is 41.5. The Kier molecular flexibility index (Phi) is 8.64. The van der Waals surface area contributed by atoms with E-state index in [-0.39, 0.29) is 41.2 Å². The first kappa shape index (κ1) is 30.7. The molecule has 3 atom stereocenters. The number of carbonyl (C=O) groups excluding carboxylic acids is 3. The summed E-state index contributed by atoms with van der Waals surface area (Å²) in [7, 11) is -3.67. The molecule has 0 spiro atoms. The van der Waals surface area contributed by atoms with Gasteiger partial charge >= 0.3 is 0 Å². The van der Waals surface area contributed by atoms with Crippen molar-refractivity contribution < 1.29 is 27.2 Å². The summed E-state index contributed by atoms with van der Waals surface area (Å²) >= 11 is 0. The van der Waals surface area contributed by atoms with Gasteiger partial charge in [-0.05, 0) is 59.8 Å². The van der Waals surface area contributed by atoms with E-state index < -0.39 is 45.3 Å². The van der Waals surface area contributed by atoms with E-state index in [1.807, 2.05) is 58.9 Å². The molecule has 1 aliphatic heterocycles. The van der Waals surface area contributed by atoms with E-state index in [0.717, 1.165) is 23.4 Å². The van der Waals surface area contributed by atoms with Crippen LogP contribution in [-0.2, 0) is 37.2 Å². The summed E-state index contributed by atoms with van der Waals surface area (Å²) in [6.07, 6.45) is 2.51. The van der Waals surface area contributed by atoms with Gasteiger partial charge in [-0.25, -0.2) is 12.8 Å². The van der Waals surface area contributed by atoms with E-state index in [2.05, 4.69) is 10.0 Å². The van der Waals surface area contributed by atoms with Crippen LogP contribution in [0.2, 0.25) is 0 Å². The second-order valence-electron chi connectivity index (χ2n) is 13.0. The van der Waals surface area contributed by atoms with Gasteiger partial charge in [0.25, 0.3) is 0 Å². The molecule has 0 bridgehead atoms. The average Bonchev–Trinajstić information content (AvgIpc) is 3.26. The average molecular weight is 586 g/mol. The molecule has 10 heteroatoms. The lowest BCUT2D eigenvalue weighted by atomic mass is 9.83. The first-order chi connectivity index (χ1) is 19.0. The van der Waals surface area contributed by atoms with Crippen LogP contribution in [0, 0.1) is 23.1 Å². The Morgan fingerprint density at radius 3 is 2.22 bits per heavy atom. The van der Waals surface area contributed by atoms with Crippen molar-refractivity contribution in [1.82, 2.24) is 10.2 Å². The number of hydrogen-bond acceptors (Lipinski definition) is 5. The van der Waals surface area contributed by atoms with E-state index in [0.29, 0.717) is 19.3 Å². The summed E-state index contributed by atoms with van der Waals surface area (Å²) in [4.78, 5) is 43.4. The summed E-state index contributed by atoms with van der Waals surface area (Å²) in [6.45, 7) is 9.49. The van der Waals surface area contributed by atoms with Crippen LogP contribution < -0.4 is 10.0 Å². The maximum Gasteiger partial charge on any atom is 0.247 e. The highest BCUT2D eigenvalue weighted by Crippen LogP contribution is 2.38. The number of benzene rings is 2. The normalized spacial score (nSPS) is 20.6. The molecule has 1 aliphatic carbocycles. The maximum atomic E-state index is 15.8. The molecule has 1 heterocycles. The molecular formula is C31H40FN3O5S. The van der Waals surface area contributed by atoms with Gasteiger partial charge in [-0.2, -0.15) is 0 Å². The van der Waals surface area contributed by atoms with Crippen LogP contribution >= 0.6 is 0 Å². The molecule has 1 saturated heterocycles. The van der Waals surface area contributed by atoms with E-state index in [1.165, 1.54) is 17.0 Å². The summed E-state index contributed by atoms with van der Waals surface area (Å²) in [5.41, 5.74) is 1.71. The van der Waals surface area contributed by atoms with Gasteiger partial charge in [0.15, 0.2) is 5.78 Å². The second-order valence-corrected chi connectivity index (χ2v) is 14.8. The van der Waals surface area contributed by atoms with Gasteiger partial charge in [0.2, 0.25) is 21.8 Å². The largest absolute Gasteiger partial charge is 0.342 e. The van der Waals surface area contributed by atoms with Crippen LogP contribution in [0.4, 0.5) is 10.1 Å². The Balaban J connectivity index is 1.80. The molecule has 2 aliphatic rings. The Morgan fingerprint density at radius 1 is 1.10 bits per heavy atom. The summed E-state index contributed by atoms with van der Waals surface area (Å²) in [5, 5.41) is 2.96. The highest BCUT2D eigenvalue weighted by Gasteiger charge is 2.50. The second kappa shape index (κ2) is 11.5. The van der Waals surface area contributed by atoms with Crippen LogP contribution in [0.3, 0.4) is 0 Å². The SMILES string of the molecule is CC(C)C[C@@H]1C(=O)N[C@H](C2Cc3ccccc3C2)C(=O)N1[C@@H](C(=O)CC(C)(C)C)c1ccc(NS(C)(=O)=O)cc1F. The van der Waals surface area contributed by atoms with Crippen molar-refractivity contribution in [3.05, 3.63) is 65.0 Å². The van der Waals surface area contributed by atoms with Crippen LogP contribution in [-0.4, -0.2) is 49.3 Å². The molecule has 4 rings (SSSR count). The Bertz CT molecular complexity index is 1420. The highest BCUT2D eigenvalue weighted by molar-refractivity contribution is 7.92. The van der Waals surface area contributed by atoms with Crippen LogP contribution in [0.25, 0.3) is 0 Å². The Morgan fingerprint density at radius 2 is 1.71 bits per heavy atom. The zero-order valence-corrected chi connectivity index (χ0v) is 25.3.